The summed E-state index contributed by atoms with van der Waals surface area (Å²) in [6.07, 6.45) is 2.21. The fourth-order valence-corrected chi connectivity index (χ4v) is 8.15. The molecule has 2 heterocycles. The van der Waals surface area contributed by atoms with E-state index in [1.807, 2.05) is 65.6 Å². The Morgan fingerprint density at radius 3 is 2.46 bits per heavy atom. The summed E-state index contributed by atoms with van der Waals surface area (Å²) in [5.74, 6) is -0.925. The minimum absolute atomic E-state index is 0.115. The number of carboxylic acids is 1. The van der Waals surface area contributed by atoms with Crippen molar-refractivity contribution < 1.29 is 14.7 Å². The SMILES string of the molecule is C[C@]1(CC(=O)O)C[C@H](c2cccc(Cl)c2)[C@@H](c2ccc(Cl)cc2)N(C(CNSc2ccc(Cl)s2)C2CC2)C1=O. The number of thiophene rings is 1. The number of rotatable bonds is 10. The number of carbonyl (C=O) groups is 2. The van der Waals surface area contributed by atoms with Gasteiger partial charge < -0.3 is 10.0 Å². The first-order valence-corrected chi connectivity index (χ1v) is 15.6. The molecule has 4 atom stereocenters. The van der Waals surface area contributed by atoms with Crippen LogP contribution in [0.2, 0.25) is 14.4 Å². The van der Waals surface area contributed by atoms with Crippen LogP contribution in [0.4, 0.5) is 0 Å². The second-order valence-electron chi connectivity index (χ2n) is 10.6. The van der Waals surface area contributed by atoms with Crippen molar-refractivity contribution in [2.45, 2.75) is 54.8 Å². The van der Waals surface area contributed by atoms with Gasteiger partial charge in [0.2, 0.25) is 5.91 Å². The van der Waals surface area contributed by atoms with Gasteiger partial charge in [-0.2, -0.15) is 0 Å². The molecule has 0 bridgehead atoms. The van der Waals surface area contributed by atoms with Crippen LogP contribution in [0.25, 0.3) is 0 Å². The zero-order valence-corrected chi connectivity index (χ0v) is 25.2. The highest BCUT2D eigenvalue weighted by Gasteiger charge is 2.54. The molecule has 10 heteroatoms. The molecule has 5 rings (SSSR count). The molecular formula is C29H29Cl3N2O3S2. The van der Waals surface area contributed by atoms with Crippen LogP contribution in [-0.4, -0.2) is 34.5 Å². The lowest BCUT2D eigenvalue weighted by molar-refractivity contribution is -0.161. The van der Waals surface area contributed by atoms with E-state index in [0.717, 1.165) is 32.5 Å². The summed E-state index contributed by atoms with van der Waals surface area (Å²) in [7, 11) is 0. The Kier molecular flexibility index (Phi) is 8.86. The molecule has 1 aliphatic heterocycles. The van der Waals surface area contributed by atoms with Gasteiger partial charge in [0, 0.05) is 28.5 Å². The molecule has 5 nitrogen and oxygen atoms in total. The fourth-order valence-electron chi connectivity index (χ4n) is 5.77. The van der Waals surface area contributed by atoms with Crippen molar-refractivity contribution in [2.24, 2.45) is 11.3 Å². The molecule has 1 aliphatic carbocycles. The van der Waals surface area contributed by atoms with Crippen LogP contribution < -0.4 is 4.72 Å². The highest BCUT2D eigenvalue weighted by molar-refractivity contribution is 7.99. The first-order chi connectivity index (χ1) is 18.6. The normalized spacial score (nSPS) is 24.1. The number of nitrogens with zero attached hydrogens (tertiary/aromatic N) is 1. The largest absolute Gasteiger partial charge is 0.481 e. The number of likely N-dealkylation sites (tertiary alicyclic amines) is 1. The molecule has 2 aliphatic rings. The average molecular weight is 624 g/mol. The number of piperidine rings is 1. The quantitative estimate of drug-likeness (QED) is 0.222. The molecule has 206 valence electrons. The van der Waals surface area contributed by atoms with E-state index in [9.17, 15) is 14.7 Å². The molecule has 1 unspecified atom stereocenters. The lowest BCUT2D eigenvalue weighted by Crippen LogP contribution is -2.58. The Balaban J connectivity index is 1.58. The third-order valence-corrected chi connectivity index (χ3v) is 10.3. The maximum absolute atomic E-state index is 14.4. The van der Waals surface area contributed by atoms with Crippen LogP contribution in [0.1, 0.15) is 55.7 Å². The van der Waals surface area contributed by atoms with Crippen molar-refractivity contribution >= 4 is 70.0 Å². The summed E-state index contributed by atoms with van der Waals surface area (Å²) in [5, 5.41) is 11.1. The third-order valence-electron chi connectivity index (χ3n) is 7.67. The van der Waals surface area contributed by atoms with E-state index < -0.39 is 11.4 Å². The Labute approximate surface area is 252 Å². The summed E-state index contributed by atoms with van der Waals surface area (Å²) in [4.78, 5) is 28.5. The minimum atomic E-state index is -1.07. The number of halogens is 3. The van der Waals surface area contributed by atoms with Gasteiger partial charge in [0.15, 0.2) is 0 Å². The lowest BCUT2D eigenvalue weighted by Gasteiger charge is -2.52. The molecule has 2 N–H and O–H groups in total. The molecule has 2 aromatic carbocycles. The van der Waals surface area contributed by atoms with Gasteiger partial charge in [-0.05, 0) is 84.7 Å². The van der Waals surface area contributed by atoms with E-state index in [2.05, 4.69) is 4.72 Å². The van der Waals surface area contributed by atoms with Crippen LogP contribution in [0, 0.1) is 11.3 Å². The van der Waals surface area contributed by atoms with Crippen LogP contribution >= 0.6 is 58.1 Å². The molecule has 39 heavy (non-hydrogen) atoms. The molecule has 0 radical (unpaired) electrons. The second kappa shape index (κ2) is 12.0. The molecule has 3 aromatic rings. The monoisotopic (exact) mass is 622 g/mol. The number of aliphatic carboxylic acids is 1. The van der Waals surface area contributed by atoms with Gasteiger partial charge in [0.1, 0.15) is 0 Å². The molecule has 1 amide bonds. The Morgan fingerprint density at radius 2 is 1.85 bits per heavy atom. The van der Waals surface area contributed by atoms with E-state index in [4.69, 9.17) is 34.8 Å². The van der Waals surface area contributed by atoms with E-state index in [1.54, 1.807) is 6.92 Å². The number of carbonyl (C=O) groups excluding carboxylic acids is 1. The maximum atomic E-state index is 14.4. The number of amides is 1. The summed E-state index contributed by atoms with van der Waals surface area (Å²) < 4.78 is 5.25. The van der Waals surface area contributed by atoms with Gasteiger partial charge in [-0.15, -0.1) is 11.3 Å². The number of hydrogen-bond acceptors (Lipinski definition) is 5. The van der Waals surface area contributed by atoms with Gasteiger partial charge in [0.25, 0.3) is 0 Å². The minimum Gasteiger partial charge on any atom is -0.481 e. The summed E-state index contributed by atoms with van der Waals surface area (Å²) >= 11 is 21.8. The predicted molar refractivity (Wildman–Crippen MR) is 160 cm³/mol. The zero-order chi connectivity index (χ0) is 27.7. The van der Waals surface area contributed by atoms with Crippen LogP contribution in [0.3, 0.4) is 0 Å². The standard InChI is InChI=1S/C29H29Cl3N2O3S2/c1-29(15-25(35)36)14-22(19-3-2-4-21(31)13-19)27(18-7-9-20(30)10-8-18)34(28(29)37)23(17-5-6-17)16-33-39-26-12-11-24(32)38-26/h2-4,7-13,17,22-23,27,33H,5-6,14-16H2,1H3,(H,35,36)/t22-,23?,27-,29-/m1/s1. The van der Waals surface area contributed by atoms with Crippen molar-refractivity contribution in [3.8, 4) is 0 Å². The maximum Gasteiger partial charge on any atom is 0.304 e. The number of hydrogen-bond donors (Lipinski definition) is 2. The van der Waals surface area contributed by atoms with Gasteiger partial charge in [-0.3, -0.25) is 14.3 Å². The molecule has 0 spiro atoms. The van der Waals surface area contributed by atoms with Crippen molar-refractivity contribution in [3.05, 3.63) is 86.2 Å². The van der Waals surface area contributed by atoms with Crippen molar-refractivity contribution in [2.75, 3.05) is 6.54 Å². The van der Waals surface area contributed by atoms with Crippen molar-refractivity contribution in [1.82, 2.24) is 9.62 Å². The zero-order valence-electron chi connectivity index (χ0n) is 21.3. The summed E-state index contributed by atoms with van der Waals surface area (Å²) in [6, 6.07) is 18.8. The molecule has 1 saturated carbocycles. The summed E-state index contributed by atoms with van der Waals surface area (Å²) in [6.45, 7) is 2.36. The molecule has 2 fully saturated rings. The van der Waals surface area contributed by atoms with Crippen molar-refractivity contribution in [3.63, 3.8) is 0 Å². The van der Waals surface area contributed by atoms with Gasteiger partial charge in [-0.25, -0.2) is 0 Å². The molecule has 1 aromatic heterocycles. The smallest absolute Gasteiger partial charge is 0.304 e. The van der Waals surface area contributed by atoms with E-state index in [1.165, 1.54) is 23.3 Å². The highest BCUT2D eigenvalue weighted by atomic mass is 35.5. The van der Waals surface area contributed by atoms with Gasteiger partial charge >= 0.3 is 5.97 Å². The topological polar surface area (TPSA) is 69.6 Å². The van der Waals surface area contributed by atoms with E-state index in [-0.39, 0.29) is 30.3 Å². The highest BCUT2D eigenvalue weighted by Crippen LogP contribution is 2.54. The summed E-state index contributed by atoms with van der Waals surface area (Å²) in [5.41, 5.74) is 0.892. The van der Waals surface area contributed by atoms with Crippen LogP contribution in [-0.2, 0) is 9.59 Å². The number of nitrogens with one attached hydrogen (secondary N) is 1. The first kappa shape index (κ1) is 28.8. The molecule has 1 saturated heterocycles. The number of carboxylic acid groups (broad SMARTS) is 1. The number of benzene rings is 2. The Hall–Kier alpha value is -1.74. The van der Waals surface area contributed by atoms with Crippen molar-refractivity contribution in [1.29, 1.82) is 0 Å². The fraction of sp³-hybridized carbons (Fsp3) is 0.379. The predicted octanol–water partition coefficient (Wildman–Crippen LogP) is 8.32. The molecular weight excluding hydrogens is 595 g/mol. The first-order valence-electron chi connectivity index (χ1n) is 12.8. The van der Waals surface area contributed by atoms with E-state index in [0.29, 0.717) is 28.9 Å². The second-order valence-corrected chi connectivity index (χ2v) is 14.4. The van der Waals surface area contributed by atoms with Gasteiger partial charge in [-0.1, -0.05) is 66.0 Å². The van der Waals surface area contributed by atoms with Crippen LogP contribution in [0.15, 0.2) is 64.9 Å². The third kappa shape index (κ3) is 6.61. The van der Waals surface area contributed by atoms with Gasteiger partial charge in [0.05, 0.1) is 26.4 Å². The van der Waals surface area contributed by atoms with Crippen LogP contribution in [0.5, 0.6) is 0 Å². The Bertz CT molecular complexity index is 1350. The lowest BCUT2D eigenvalue weighted by atomic mass is 9.67. The Morgan fingerprint density at radius 1 is 1.10 bits per heavy atom. The average Bonchev–Trinajstić information content (AvgIpc) is 3.64. The van der Waals surface area contributed by atoms with E-state index >= 15 is 0 Å².